The third-order valence-corrected chi connectivity index (χ3v) is 4.10. The molecule has 1 unspecified atom stereocenters. The number of halogens is 1. The zero-order valence-electron chi connectivity index (χ0n) is 12.5. The zero-order chi connectivity index (χ0) is 15.5. The fourth-order valence-electron chi connectivity index (χ4n) is 2.57. The Morgan fingerprint density at radius 2 is 2.32 bits per heavy atom. The Hall–Kier alpha value is -1.88. The molecule has 1 atom stereocenters. The molecule has 1 aliphatic carbocycles. The molecule has 1 fully saturated rings. The van der Waals surface area contributed by atoms with Crippen molar-refractivity contribution in [3.63, 3.8) is 0 Å². The van der Waals surface area contributed by atoms with Crippen molar-refractivity contribution in [2.75, 3.05) is 0 Å². The van der Waals surface area contributed by atoms with Crippen molar-refractivity contribution >= 4 is 17.5 Å². The molecular formula is C16H19ClN4O. The fourth-order valence-corrected chi connectivity index (χ4v) is 2.79. The topological polar surface area (TPSA) is 51.0 Å². The van der Waals surface area contributed by atoms with E-state index >= 15 is 0 Å². The molecule has 0 bridgehead atoms. The lowest BCUT2D eigenvalue weighted by molar-refractivity contribution is -0.136. The van der Waals surface area contributed by atoms with Gasteiger partial charge in [-0.2, -0.15) is 5.10 Å². The van der Waals surface area contributed by atoms with Gasteiger partial charge in [-0.3, -0.25) is 9.48 Å². The molecule has 0 N–H and O–H groups in total. The molecule has 0 spiro atoms. The van der Waals surface area contributed by atoms with Gasteiger partial charge in [0, 0.05) is 17.6 Å². The number of carbonyl (C=O) groups is 1. The minimum Gasteiger partial charge on any atom is -0.335 e. The maximum absolute atomic E-state index is 12.8. The molecule has 5 nitrogen and oxygen atoms in total. The molecule has 3 rings (SSSR count). The predicted octanol–water partition coefficient (Wildman–Crippen LogP) is 2.76. The lowest BCUT2D eigenvalue weighted by atomic mass is 10.1. The van der Waals surface area contributed by atoms with Crippen molar-refractivity contribution in [2.24, 2.45) is 5.92 Å². The molecule has 1 aromatic carbocycles. The van der Waals surface area contributed by atoms with E-state index in [2.05, 4.69) is 10.1 Å². The summed E-state index contributed by atoms with van der Waals surface area (Å²) in [7, 11) is 0. The van der Waals surface area contributed by atoms with Crippen molar-refractivity contribution in [2.45, 2.75) is 38.9 Å². The standard InChI is InChI=1S/C16H19ClN4O/c1-12(8-20-11-18-10-19-20)16(22)21(15-5-6-15)9-13-3-2-4-14(17)7-13/h2-4,7,10-12,15H,5-6,8-9H2,1H3. The fraction of sp³-hybridized carbons (Fsp3) is 0.438. The first-order valence-electron chi connectivity index (χ1n) is 7.51. The molecule has 2 aromatic rings. The van der Waals surface area contributed by atoms with Gasteiger partial charge in [-0.25, -0.2) is 4.98 Å². The van der Waals surface area contributed by atoms with E-state index in [9.17, 15) is 4.79 Å². The summed E-state index contributed by atoms with van der Waals surface area (Å²) in [5.41, 5.74) is 1.07. The highest BCUT2D eigenvalue weighted by Crippen LogP contribution is 2.30. The summed E-state index contributed by atoms with van der Waals surface area (Å²) in [6.07, 6.45) is 5.30. The van der Waals surface area contributed by atoms with E-state index in [1.165, 1.54) is 6.33 Å². The normalized spacial score (nSPS) is 15.5. The number of nitrogens with zero attached hydrogens (tertiary/aromatic N) is 4. The van der Waals surface area contributed by atoms with Gasteiger partial charge in [0.1, 0.15) is 12.7 Å². The van der Waals surface area contributed by atoms with Crippen LogP contribution in [0.15, 0.2) is 36.9 Å². The largest absolute Gasteiger partial charge is 0.335 e. The van der Waals surface area contributed by atoms with E-state index in [1.807, 2.05) is 36.1 Å². The molecule has 0 aliphatic heterocycles. The molecular weight excluding hydrogens is 300 g/mol. The lowest BCUT2D eigenvalue weighted by Crippen LogP contribution is -2.38. The lowest BCUT2D eigenvalue weighted by Gasteiger charge is -2.26. The number of rotatable bonds is 6. The summed E-state index contributed by atoms with van der Waals surface area (Å²) in [4.78, 5) is 18.7. The van der Waals surface area contributed by atoms with Crippen LogP contribution in [0.5, 0.6) is 0 Å². The van der Waals surface area contributed by atoms with E-state index in [4.69, 9.17) is 11.6 Å². The van der Waals surface area contributed by atoms with Crippen LogP contribution in [0.25, 0.3) is 0 Å². The van der Waals surface area contributed by atoms with Gasteiger partial charge in [-0.1, -0.05) is 30.7 Å². The summed E-state index contributed by atoms with van der Waals surface area (Å²) < 4.78 is 1.70. The minimum atomic E-state index is -0.124. The second kappa shape index (κ2) is 6.48. The van der Waals surface area contributed by atoms with E-state index in [1.54, 1.807) is 11.0 Å². The van der Waals surface area contributed by atoms with Gasteiger partial charge in [-0.05, 0) is 30.5 Å². The number of hydrogen-bond acceptors (Lipinski definition) is 3. The van der Waals surface area contributed by atoms with Gasteiger partial charge in [0.05, 0.1) is 12.5 Å². The Bertz CT molecular complexity index is 639. The number of benzene rings is 1. The number of hydrogen-bond donors (Lipinski definition) is 0. The summed E-state index contributed by atoms with van der Waals surface area (Å²) in [5.74, 6) is 0.0412. The van der Waals surface area contributed by atoms with Crippen LogP contribution in [0.1, 0.15) is 25.3 Å². The van der Waals surface area contributed by atoms with Gasteiger partial charge < -0.3 is 4.90 Å². The molecule has 22 heavy (non-hydrogen) atoms. The monoisotopic (exact) mass is 318 g/mol. The Labute approximate surface area is 134 Å². The number of carbonyl (C=O) groups excluding carboxylic acids is 1. The van der Waals surface area contributed by atoms with Crippen molar-refractivity contribution in [1.82, 2.24) is 19.7 Å². The summed E-state index contributed by atoms with van der Waals surface area (Å²) in [5, 5.41) is 4.78. The van der Waals surface area contributed by atoms with Crippen LogP contribution < -0.4 is 0 Å². The Morgan fingerprint density at radius 1 is 1.50 bits per heavy atom. The van der Waals surface area contributed by atoms with Gasteiger partial charge in [0.25, 0.3) is 0 Å². The first kappa shape index (κ1) is 15.0. The Morgan fingerprint density at radius 3 is 2.95 bits per heavy atom. The maximum Gasteiger partial charge on any atom is 0.227 e. The van der Waals surface area contributed by atoms with Crippen molar-refractivity contribution in [1.29, 1.82) is 0 Å². The summed E-state index contributed by atoms with van der Waals surface area (Å²) in [6, 6.07) is 8.07. The highest BCUT2D eigenvalue weighted by atomic mass is 35.5. The van der Waals surface area contributed by atoms with Crippen LogP contribution in [-0.2, 0) is 17.9 Å². The van der Waals surface area contributed by atoms with Crippen LogP contribution in [0, 0.1) is 5.92 Å². The maximum atomic E-state index is 12.8. The van der Waals surface area contributed by atoms with Crippen LogP contribution >= 0.6 is 11.6 Å². The highest BCUT2D eigenvalue weighted by molar-refractivity contribution is 6.30. The summed E-state index contributed by atoms with van der Waals surface area (Å²) in [6.45, 7) is 3.11. The van der Waals surface area contributed by atoms with Gasteiger partial charge in [-0.15, -0.1) is 0 Å². The van der Waals surface area contributed by atoms with Crippen molar-refractivity contribution < 1.29 is 4.79 Å². The smallest absolute Gasteiger partial charge is 0.227 e. The Balaban J connectivity index is 1.69. The first-order valence-corrected chi connectivity index (χ1v) is 7.88. The van der Waals surface area contributed by atoms with E-state index in [0.29, 0.717) is 24.2 Å². The molecule has 1 aromatic heterocycles. The van der Waals surface area contributed by atoms with Crippen LogP contribution in [0.4, 0.5) is 0 Å². The molecule has 1 saturated carbocycles. The van der Waals surface area contributed by atoms with Crippen LogP contribution in [0.3, 0.4) is 0 Å². The molecule has 6 heteroatoms. The van der Waals surface area contributed by atoms with E-state index in [0.717, 1.165) is 18.4 Å². The average Bonchev–Trinajstić information content (AvgIpc) is 3.21. The van der Waals surface area contributed by atoms with Crippen LogP contribution in [-0.4, -0.2) is 31.6 Å². The predicted molar refractivity (Wildman–Crippen MR) is 84.2 cm³/mol. The van der Waals surface area contributed by atoms with E-state index < -0.39 is 0 Å². The second-order valence-corrected chi connectivity index (χ2v) is 6.28. The molecule has 1 aliphatic rings. The highest BCUT2D eigenvalue weighted by Gasteiger charge is 2.34. The molecule has 1 amide bonds. The van der Waals surface area contributed by atoms with Gasteiger partial charge >= 0.3 is 0 Å². The number of aromatic nitrogens is 3. The van der Waals surface area contributed by atoms with Crippen molar-refractivity contribution in [3.05, 3.63) is 47.5 Å². The molecule has 116 valence electrons. The third kappa shape index (κ3) is 3.65. The van der Waals surface area contributed by atoms with Gasteiger partial charge in [0.2, 0.25) is 5.91 Å². The van der Waals surface area contributed by atoms with Gasteiger partial charge in [0.15, 0.2) is 0 Å². The SMILES string of the molecule is CC(Cn1cncn1)C(=O)N(Cc1cccc(Cl)c1)C1CC1. The zero-order valence-corrected chi connectivity index (χ0v) is 13.3. The molecule has 0 radical (unpaired) electrons. The number of amides is 1. The quantitative estimate of drug-likeness (QED) is 0.823. The molecule has 1 heterocycles. The third-order valence-electron chi connectivity index (χ3n) is 3.86. The molecule has 0 saturated heterocycles. The van der Waals surface area contributed by atoms with E-state index in [-0.39, 0.29) is 11.8 Å². The summed E-state index contributed by atoms with van der Waals surface area (Å²) >= 11 is 6.04. The minimum absolute atomic E-state index is 0.124. The van der Waals surface area contributed by atoms with Crippen LogP contribution in [0.2, 0.25) is 5.02 Å². The second-order valence-electron chi connectivity index (χ2n) is 5.85. The first-order chi connectivity index (χ1) is 10.6. The Kier molecular flexibility index (Phi) is 4.43. The average molecular weight is 319 g/mol. The van der Waals surface area contributed by atoms with Crippen molar-refractivity contribution in [3.8, 4) is 0 Å².